The average molecular weight is 411 g/mol. The van der Waals surface area contributed by atoms with Crippen molar-refractivity contribution < 1.29 is 13.9 Å². The largest absolute Gasteiger partial charge is 0.490 e. The minimum Gasteiger partial charge on any atom is -0.490 e. The summed E-state index contributed by atoms with van der Waals surface area (Å²) >= 11 is 8.43. The molecule has 0 saturated carbocycles. The van der Waals surface area contributed by atoms with Crippen LogP contribution in [0.1, 0.15) is 24.2 Å². The van der Waals surface area contributed by atoms with E-state index in [1.807, 2.05) is 13.8 Å². The molecule has 0 fully saturated rings. The number of carbonyl (C=O) groups excluding carboxylic acids is 1. The fraction of sp³-hybridized carbons (Fsp3) is 0.176. The summed E-state index contributed by atoms with van der Waals surface area (Å²) in [5.74, 6) is -0.353. The van der Waals surface area contributed by atoms with Gasteiger partial charge in [-0.3, -0.25) is 10.1 Å². The van der Waals surface area contributed by atoms with Crippen LogP contribution in [-0.4, -0.2) is 17.1 Å². The number of anilines is 1. The normalized spacial score (nSPS) is 10.4. The van der Waals surface area contributed by atoms with Crippen LogP contribution in [0.2, 0.25) is 0 Å². The zero-order valence-corrected chi connectivity index (χ0v) is 15.5. The molecular weight excluding hydrogens is 395 g/mol. The second-order valence-electron chi connectivity index (χ2n) is 5.23. The van der Waals surface area contributed by atoms with E-state index in [0.717, 1.165) is 4.47 Å². The summed E-state index contributed by atoms with van der Waals surface area (Å²) in [6, 6.07) is 10.9. The van der Waals surface area contributed by atoms with Crippen molar-refractivity contribution >= 4 is 44.9 Å². The van der Waals surface area contributed by atoms with Crippen molar-refractivity contribution in [3.63, 3.8) is 0 Å². The lowest BCUT2D eigenvalue weighted by molar-refractivity contribution is 0.0972. The number of benzene rings is 2. The van der Waals surface area contributed by atoms with E-state index >= 15 is 0 Å². The number of nitrogens with one attached hydrogen (secondary N) is 2. The van der Waals surface area contributed by atoms with Crippen molar-refractivity contribution in [3.05, 3.63) is 58.3 Å². The minimum absolute atomic E-state index is 0.0704. The lowest BCUT2D eigenvalue weighted by Gasteiger charge is -2.15. The summed E-state index contributed by atoms with van der Waals surface area (Å²) in [6.45, 7) is 3.75. The van der Waals surface area contributed by atoms with Crippen LogP contribution in [0.4, 0.5) is 10.1 Å². The summed E-state index contributed by atoms with van der Waals surface area (Å²) in [6.07, 6.45) is -0.0740. The van der Waals surface area contributed by atoms with Crippen LogP contribution in [0.3, 0.4) is 0 Å². The first-order chi connectivity index (χ1) is 11.3. The Bertz CT molecular complexity index is 768. The summed E-state index contributed by atoms with van der Waals surface area (Å²) in [4.78, 5) is 12.5. The van der Waals surface area contributed by atoms with Gasteiger partial charge in [0.1, 0.15) is 11.6 Å². The van der Waals surface area contributed by atoms with E-state index in [4.69, 9.17) is 17.0 Å². The van der Waals surface area contributed by atoms with E-state index in [-0.39, 0.29) is 11.2 Å². The van der Waals surface area contributed by atoms with Gasteiger partial charge in [0.2, 0.25) is 0 Å². The summed E-state index contributed by atoms with van der Waals surface area (Å²) < 4.78 is 19.6. The van der Waals surface area contributed by atoms with Gasteiger partial charge in [0.15, 0.2) is 5.11 Å². The molecule has 0 bridgehead atoms. The lowest BCUT2D eigenvalue weighted by Crippen LogP contribution is -2.34. The molecule has 1 amide bonds. The van der Waals surface area contributed by atoms with Gasteiger partial charge in [0.25, 0.3) is 5.91 Å². The van der Waals surface area contributed by atoms with Gasteiger partial charge in [-0.05, 0) is 62.5 Å². The Hall–Kier alpha value is -1.99. The maximum atomic E-state index is 13.2. The highest BCUT2D eigenvalue weighted by atomic mass is 79.9. The molecule has 0 aliphatic heterocycles. The van der Waals surface area contributed by atoms with E-state index in [1.165, 1.54) is 12.1 Å². The molecule has 0 radical (unpaired) electrons. The molecule has 2 aromatic rings. The third-order valence-electron chi connectivity index (χ3n) is 2.86. The molecule has 2 aromatic carbocycles. The van der Waals surface area contributed by atoms with Gasteiger partial charge in [-0.1, -0.05) is 22.0 Å². The number of rotatable bonds is 4. The van der Waals surface area contributed by atoms with Crippen molar-refractivity contribution in [3.8, 4) is 5.75 Å². The Labute approximate surface area is 153 Å². The first kappa shape index (κ1) is 18.4. The molecule has 0 aliphatic carbocycles. The van der Waals surface area contributed by atoms with Crippen LogP contribution in [0.15, 0.2) is 46.9 Å². The van der Waals surface area contributed by atoms with Crippen LogP contribution in [-0.2, 0) is 0 Å². The monoisotopic (exact) mass is 410 g/mol. The van der Waals surface area contributed by atoms with Crippen LogP contribution in [0, 0.1) is 5.82 Å². The Balaban J connectivity index is 2.11. The van der Waals surface area contributed by atoms with Crippen molar-refractivity contribution in [1.29, 1.82) is 0 Å². The Morgan fingerprint density at radius 1 is 1.25 bits per heavy atom. The quantitative estimate of drug-likeness (QED) is 0.728. The molecule has 7 heteroatoms. The molecule has 0 atom stereocenters. The molecule has 0 spiro atoms. The highest BCUT2D eigenvalue weighted by Crippen LogP contribution is 2.24. The number of halogens is 2. The van der Waals surface area contributed by atoms with Gasteiger partial charge in [-0.25, -0.2) is 4.39 Å². The van der Waals surface area contributed by atoms with Crippen LogP contribution in [0.25, 0.3) is 0 Å². The van der Waals surface area contributed by atoms with E-state index in [9.17, 15) is 9.18 Å². The molecule has 4 nitrogen and oxygen atoms in total. The molecule has 0 aromatic heterocycles. The van der Waals surface area contributed by atoms with Crippen LogP contribution in [0.5, 0.6) is 5.75 Å². The number of thiocarbonyl (C=S) groups is 1. The fourth-order valence-electron chi connectivity index (χ4n) is 1.94. The molecule has 0 unspecified atom stereocenters. The highest BCUT2D eigenvalue weighted by Gasteiger charge is 2.15. The predicted octanol–water partition coefficient (Wildman–Crippen LogP) is 4.50. The first-order valence-electron chi connectivity index (χ1n) is 7.19. The smallest absolute Gasteiger partial charge is 0.261 e. The maximum absolute atomic E-state index is 13.2. The fourth-order valence-corrected chi connectivity index (χ4v) is 2.51. The number of amides is 1. The third-order valence-corrected chi connectivity index (χ3v) is 3.56. The van der Waals surface area contributed by atoms with Gasteiger partial charge < -0.3 is 10.1 Å². The number of carbonyl (C=O) groups is 1. The molecule has 0 heterocycles. The number of hydrogen-bond donors (Lipinski definition) is 2. The van der Waals surface area contributed by atoms with E-state index in [1.54, 1.807) is 30.3 Å². The Morgan fingerprint density at radius 2 is 2.00 bits per heavy atom. The SMILES string of the molecule is CC(C)Oc1ccc(Br)cc1C(=O)NC(=S)Nc1cccc(F)c1. The summed E-state index contributed by atoms with van der Waals surface area (Å²) in [7, 11) is 0. The van der Waals surface area contributed by atoms with Gasteiger partial charge in [-0.2, -0.15) is 0 Å². The third kappa shape index (κ3) is 5.28. The minimum atomic E-state index is -0.416. The van der Waals surface area contributed by atoms with Gasteiger partial charge in [0, 0.05) is 10.2 Å². The van der Waals surface area contributed by atoms with Crippen molar-refractivity contribution in [2.45, 2.75) is 20.0 Å². The maximum Gasteiger partial charge on any atom is 0.261 e. The van der Waals surface area contributed by atoms with Gasteiger partial charge in [0.05, 0.1) is 11.7 Å². The standard InChI is InChI=1S/C17H16BrFN2O2S/c1-10(2)23-15-7-6-11(18)8-14(15)16(22)21-17(24)20-13-5-3-4-12(19)9-13/h3-10H,1-2H3,(H2,20,21,22,24). The number of hydrogen-bond acceptors (Lipinski definition) is 3. The zero-order valence-electron chi connectivity index (χ0n) is 13.1. The van der Waals surface area contributed by atoms with Gasteiger partial charge in [-0.15, -0.1) is 0 Å². The summed E-state index contributed by atoms with van der Waals surface area (Å²) in [5, 5.41) is 5.40. The van der Waals surface area contributed by atoms with Crippen LogP contribution >= 0.6 is 28.1 Å². The molecule has 24 heavy (non-hydrogen) atoms. The van der Waals surface area contributed by atoms with Crippen molar-refractivity contribution in [1.82, 2.24) is 5.32 Å². The van der Waals surface area contributed by atoms with Crippen molar-refractivity contribution in [2.75, 3.05) is 5.32 Å². The predicted molar refractivity (Wildman–Crippen MR) is 100.0 cm³/mol. The second kappa shape index (κ2) is 8.21. The molecule has 0 saturated heterocycles. The molecule has 0 aliphatic rings. The second-order valence-corrected chi connectivity index (χ2v) is 6.55. The Morgan fingerprint density at radius 3 is 2.67 bits per heavy atom. The van der Waals surface area contributed by atoms with Crippen LogP contribution < -0.4 is 15.4 Å². The topological polar surface area (TPSA) is 50.4 Å². The average Bonchev–Trinajstić information content (AvgIpc) is 2.48. The van der Waals surface area contributed by atoms with Gasteiger partial charge >= 0.3 is 0 Å². The number of ether oxygens (including phenoxy) is 1. The molecule has 2 rings (SSSR count). The Kier molecular flexibility index (Phi) is 6.28. The highest BCUT2D eigenvalue weighted by molar-refractivity contribution is 9.10. The van der Waals surface area contributed by atoms with E-state index in [2.05, 4.69) is 26.6 Å². The van der Waals surface area contributed by atoms with Crippen molar-refractivity contribution in [2.24, 2.45) is 0 Å². The molecule has 2 N–H and O–H groups in total. The van der Waals surface area contributed by atoms with E-state index < -0.39 is 11.7 Å². The first-order valence-corrected chi connectivity index (χ1v) is 8.39. The molecule has 126 valence electrons. The lowest BCUT2D eigenvalue weighted by atomic mass is 10.2. The molecular formula is C17H16BrFN2O2S. The summed E-state index contributed by atoms with van der Waals surface area (Å²) in [5.41, 5.74) is 0.801. The zero-order chi connectivity index (χ0) is 17.7. The van der Waals surface area contributed by atoms with E-state index in [0.29, 0.717) is 17.0 Å².